The van der Waals surface area contributed by atoms with Crippen molar-refractivity contribution in [2.45, 2.75) is 32.7 Å². The van der Waals surface area contributed by atoms with Crippen molar-refractivity contribution in [1.82, 2.24) is 9.80 Å². The third-order valence-electron chi connectivity index (χ3n) is 5.80. The van der Waals surface area contributed by atoms with Gasteiger partial charge in [-0.2, -0.15) is 0 Å². The Kier molecular flexibility index (Phi) is 7.11. The van der Waals surface area contributed by atoms with Gasteiger partial charge in [-0.05, 0) is 28.7 Å². The Hall–Kier alpha value is -2.73. The van der Waals surface area contributed by atoms with Crippen LogP contribution in [0.25, 0.3) is 0 Å². The lowest BCUT2D eigenvalue weighted by molar-refractivity contribution is 0.0627. The number of nitrogens with zero attached hydrogens (tertiary/aromatic N) is 2. The number of rotatable bonds is 6. The molecule has 0 bridgehead atoms. The highest BCUT2D eigenvalue weighted by molar-refractivity contribution is 5.95. The van der Waals surface area contributed by atoms with Crippen molar-refractivity contribution < 1.29 is 19.0 Å². The number of piperazine rings is 1. The van der Waals surface area contributed by atoms with Gasteiger partial charge in [0.05, 0.1) is 21.3 Å². The summed E-state index contributed by atoms with van der Waals surface area (Å²) in [6.07, 6.45) is 0. The predicted molar refractivity (Wildman–Crippen MR) is 122 cm³/mol. The molecule has 0 atom stereocenters. The van der Waals surface area contributed by atoms with Crippen LogP contribution >= 0.6 is 0 Å². The highest BCUT2D eigenvalue weighted by Gasteiger charge is 2.25. The summed E-state index contributed by atoms with van der Waals surface area (Å²) in [5.74, 6) is 1.45. The number of carbonyl (C=O) groups is 1. The molecular weight excluding hydrogens is 392 g/mol. The first kappa shape index (κ1) is 22.9. The number of methoxy groups -OCH3 is 3. The zero-order valence-corrected chi connectivity index (χ0v) is 19.5. The first-order chi connectivity index (χ1) is 14.8. The molecule has 0 saturated carbocycles. The molecule has 1 amide bonds. The molecule has 0 aromatic heterocycles. The van der Waals surface area contributed by atoms with Crippen LogP contribution in [-0.4, -0.2) is 63.2 Å². The lowest BCUT2D eigenvalue weighted by atomic mass is 9.87. The predicted octanol–water partition coefficient (Wildman–Crippen LogP) is 3.97. The minimum atomic E-state index is -0.0200. The highest BCUT2D eigenvalue weighted by Crippen LogP contribution is 2.38. The smallest absolute Gasteiger partial charge is 0.254 e. The standard InChI is InChI=1S/C25H34N2O4/c1-25(2,3)20-9-7-18(8-10-20)17-26-11-13-27(14-12-26)24(28)19-15-21(29-4)23(31-6)22(16-19)30-5/h7-10,15-16H,11-14,17H2,1-6H3. The van der Waals surface area contributed by atoms with Gasteiger partial charge < -0.3 is 19.1 Å². The number of benzene rings is 2. The van der Waals surface area contributed by atoms with Crippen molar-refractivity contribution in [3.63, 3.8) is 0 Å². The summed E-state index contributed by atoms with van der Waals surface area (Å²) in [7, 11) is 4.66. The van der Waals surface area contributed by atoms with Gasteiger partial charge >= 0.3 is 0 Å². The third kappa shape index (κ3) is 5.31. The number of hydrogen-bond acceptors (Lipinski definition) is 5. The maximum atomic E-state index is 13.1. The number of carbonyl (C=O) groups excluding carboxylic acids is 1. The molecule has 168 valence electrons. The zero-order chi connectivity index (χ0) is 22.6. The van der Waals surface area contributed by atoms with Crippen LogP contribution in [0.1, 0.15) is 42.3 Å². The number of ether oxygens (including phenoxy) is 3. The van der Waals surface area contributed by atoms with E-state index in [0.717, 1.165) is 19.6 Å². The molecule has 2 aromatic carbocycles. The summed E-state index contributed by atoms with van der Waals surface area (Å²) in [5, 5.41) is 0. The monoisotopic (exact) mass is 426 g/mol. The van der Waals surface area contributed by atoms with Crippen LogP contribution in [0.5, 0.6) is 17.2 Å². The van der Waals surface area contributed by atoms with Crippen LogP contribution in [-0.2, 0) is 12.0 Å². The minimum Gasteiger partial charge on any atom is -0.493 e. The fourth-order valence-corrected chi connectivity index (χ4v) is 3.86. The summed E-state index contributed by atoms with van der Waals surface area (Å²) < 4.78 is 16.1. The molecule has 2 aromatic rings. The molecule has 0 N–H and O–H groups in total. The van der Waals surface area contributed by atoms with Crippen molar-refractivity contribution in [3.8, 4) is 17.2 Å². The molecule has 0 unspecified atom stereocenters. The molecule has 0 spiro atoms. The largest absolute Gasteiger partial charge is 0.493 e. The van der Waals surface area contributed by atoms with Crippen molar-refractivity contribution in [2.24, 2.45) is 0 Å². The van der Waals surface area contributed by atoms with E-state index in [9.17, 15) is 4.79 Å². The van der Waals surface area contributed by atoms with E-state index in [1.807, 2.05) is 4.90 Å². The van der Waals surface area contributed by atoms with Gasteiger partial charge in [0.2, 0.25) is 5.75 Å². The Morgan fingerprint density at radius 3 is 1.87 bits per heavy atom. The summed E-state index contributed by atoms with van der Waals surface area (Å²) in [6, 6.07) is 12.3. The number of amides is 1. The molecule has 0 radical (unpaired) electrons. The highest BCUT2D eigenvalue weighted by atomic mass is 16.5. The number of hydrogen-bond donors (Lipinski definition) is 0. The average molecular weight is 427 g/mol. The normalized spacial score (nSPS) is 15.0. The second-order valence-corrected chi connectivity index (χ2v) is 8.93. The maximum absolute atomic E-state index is 13.1. The molecule has 31 heavy (non-hydrogen) atoms. The van der Waals surface area contributed by atoms with Gasteiger partial charge in [-0.15, -0.1) is 0 Å². The van der Waals surface area contributed by atoms with Gasteiger partial charge in [0.25, 0.3) is 5.91 Å². The molecule has 1 aliphatic rings. The Bertz CT molecular complexity index is 870. The third-order valence-corrected chi connectivity index (χ3v) is 5.80. The van der Waals surface area contributed by atoms with Crippen LogP contribution in [0.3, 0.4) is 0 Å². The Balaban J connectivity index is 1.62. The molecular formula is C25H34N2O4. The second-order valence-electron chi connectivity index (χ2n) is 8.93. The van der Waals surface area contributed by atoms with Gasteiger partial charge in [-0.3, -0.25) is 9.69 Å². The molecule has 1 fully saturated rings. The summed E-state index contributed by atoms with van der Waals surface area (Å²) in [5.41, 5.74) is 3.35. The van der Waals surface area contributed by atoms with Crippen LogP contribution in [0.2, 0.25) is 0 Å². The van der Waals surface area contributed by atoms with E-state index in [4.69, 9.17) is 14.2 Å². The van der Waals surface area contributed by atoms with E-state index in [1.54, 1.807) is 33.5 Å². The average Bonchev–Trinajstić information content (AvgIpc) is 2.77. The van der Waals surface area contributed by atoms with E-state index >= 15 is 0 Å². The summed E-state index contributed by atoms with van der Waals surface area (Å²) in [6.45, 7) is 10.7. The van der Waals surface area contributed by atoms with E-state index in [2.05, 4.69) is 49.9 Å². The van der Waals surface area contributed by atoms with Crippen molar-refractivity contribution in [3.05, 3.63) is 53.1 Å². The van der Waals surface area contributed by atoms with E-state index in [1.165, 1.54) is 11.1 Å². The summed E-state index contributed by atoms with van der Waals surface area (Å²) in [4.78, 5) is 17.4. The Morgan fingerprint density at radius 2 is 1.42 bits per heavy atom. The summed E-state index contributed by atoms with van der Waals surface area (Å²) >= 11 is 0. The first-order valence-electron chi connectivity index (χ1n) is 10.7. The van der Waals surface area contributed by atoms with Gasteiger partial charge in [-0.1, -0.05) is 45.0 Å². The van der Waals surface area contributed by atoms with E-state index < -0.39 is 0 Å². The van der Waals surface area contributed by atoms with Gasteiger partial charge in [0.1, 0.15) is 0 Å². The first-order valence-corrected chi connectivity index (χ1v) is 10.7. The van der Waals surface area contributed by atoms with Crippen LogP contribution in [0, 0.1) is 0 Å². The Labute approximate surface area is 185 Å². The molecule has 3 rings (SSSR count). The van der Waals surface area contributed by atoms with Crippen LogP contribution in [0.4, 0.5) is 0 Å². The van der Waals surface area contributed by atoms with E-state index in [-0.39, 0.29) is 11.3 Å². The van der Waals surface area contributed by atoms with Crippen molar-refractivity contribution in [2.75, 3.05) is 47.5 Å². The quantitative estimate of drug-likeness (QED) is 0.700. The van der Waals surface area contributed by atoms with Crippen molar-refractivity contribution in [1.29, 1.82) is 0 Å². The van der Waals surface area contributed by atoms with Gasteiger partial charge in [-0.25, -0.2) is 0 Å². The molecule has 1 aliphatic heterocycles. The fraction of sp³-hybridized carbons (Fsp3) is 0.480. The van der Waals surface area contributed by atoms with Crippen LogP contribution in [0.15, 0.2) is 36.4 Å². The lowest BCUT2D eigenvalue weighted by Gasteiger charge is -2.35. The van der Waals surface area contributed by atoms with Crippen molar-refractivity contribution >= 4 is 5.91 Å². The topological polar surface area (TPSA) is 51.2 Å². The van der Waals surface area contributed by atoms with E-state index in [0.29, 0.717) is 35.9 Å². The molecule has 1 heterocycles. The minimum absolute atomic E-state index is 0.0200. The second kappa shape index (κ2) is 9.60. The SMILES string of the molecule is COc1cc(C(=O)N2CCN(Cc3ccc(C(C)(C)C)cc3)CC2)cc(OC)c1OC. The molecule has 1 saturated heterocycles. The lowest BCUT2D eigenvalue weighted by Crippen LogP contribution is -2.48. The zero-order valence-electron chi connectivity index (χ0n) is 19.5. The van der Waals surface area contributed by atoms with Gasteiger partial charge in [0.15, 0.2) is 11.5 Å². The molecule has 0 aliphatic carbocycles. The van der Waals surface area contributed by atoms with Gasteiger partial charge in [0, 0.05) is 38.3 Å². The Morgan fingerprint density at radius 1 is 0.871 bits per heavy atom. The molecule has 6 heteroatoms. The fourth-order valence-electron chi connectivity index (χ4n) is 3.86. The maximum Gasteiger partial charge on any atom is 0.254 e. The molecule has 6 nitrogen and oxygen atoms in total. The van der Waals surface area contributed by atoms with Crippen LogP contribution < -0.4 is 14.2 Å².